The fourth-order valence-electron chi connectivity index (χ4n) is 2.81. The minimum absolute atomic E-state index is 0.178. The van der Waals surface area contributed by atoms with Crippen LogP contribution >= 0.6 is 0 Å². The largest absolute Gasteiger partial charge is 0.490 e. The fourth-order valence-corrected chi connectivity index (χ4v) is 2.81. The van der Waals surface area contributed by atoms with Crippen LogP contribution in [0.1, 0.15) is 26.3 Å². The van der Waals surface area contributed by atoms with E-state index in [9.17, 15) is 9.59 Å². The van der Waals surface area contributed by atoms with Crippen molar-refractivity contribution in [3.8, 4) is 5.75 Å². The number of carbonyl (C=O) groups is 1. The first-order chi connectivity index (χ1) is 10.6. The highest BCUT2D eigenvalue weighted by Crippen LogP contribution is 2.48. The van der Waals surface area contributed by atoms with Crippen LogP contribution in [0.3, 0.4) is 0 Å². The van der Waals surface area contributed by atoms with E-state index in [0.29, 0.717) is 11.3 Å². The summed E-state index contributed by atoms with van der Waals surface area (Å²) < 4.78 is 5.60. The number of aromatic nitrogens is 1. The summed E-state index contributed by atoms with van der Waals surface area (Å²) in [6.45, 7) is 9.72. The normalized spacial score (nSPS) is 25.5. The van der Waals surface area contributed by atoms with Crippen molar-refractivity contribution >= 4 is 5.91 Å². The summed E-state index contributed by atoms with van der Waals surface area (Å²) in [4.78, 5) is 26.7. The summed E-state index contributed by atoms with van der Waals surface area (Å²) in [6, 6.07) is 1.43. The van der Waals surface area contributed by atoms with Crippen LogP contribution in [0, 0.1) is 0 Å². The number of carbonyl (C=O) groups excluding carboxylic acids is 1. The van der Waals surface area contributed by atoms with E-state index in [1.165, 1.54) is 12.3 Å². The third-order valence-electron chi connectivity index (χ3n) is 3.75. The topological polar surface area (TPSA) is 71.2 Å². The number of pyridine rings is 1. The third kappa shape index (κ3) is 2.09. The summed E-state index contributed by atoms with van der Waals surface area (Å²) in [7, 11) is 0. The molecular weight excluding hydrogens is 280 g/mol. The summed E-state index contributed by atoms with van der Waals surface area (Å²) >= 11 is 0. The lowest BCUT2D eigenvalue weighted by Gasteiger charge is -2.20. The maximum atomic E-state index is 12.5. The van der Waals surface area contributed by atoms with Crippen LogP contribution in [0.5, 0.6) is 5.75 Å². The average Bonchev–Trinajstić information content (AvgIpc) is 3.04. The molecule has 1 fully saturated rings. The van der Waals surface area contributed by atoms with E-state index in [2.05, 4.69) is 16.9 Å². The molecule has 0 aromatic carbocycles. The average molecular weight is 300 g/mol. The molecule has 22 heavy (non-hydrogen) atoms. The molecule has 1 aromatic rings. The zero-order valence-electron chi connectivity index (χ0n) is 13.0. The van der Waals surface area contributed by atoms with E-state index in [0.717, 1.165) is 11.3 Å². The van der Waals surface area contributed by atoms with Crippen LogP contribution in [0.4, 0.5) is 0 Å². The number of nitrogens with one attached hydrogen (secondary N) is 2. The van der Waals surface area contributed by atoms with Crippen LogP contribution in [-0.4, -0.2) is 17.5 Å². The first kappa shape index (κ1) is 15.8. The van der Waals surface area contributed by atoms with Crippen molar-refractivity contribution in [1.29, 1.82) is 0 Å². The number of aromatic amines is 1. The summed E-state index contributed by atoms with van der Waals surface area (Å²) in [6.07, 6.45) is 6.74. The Morgan fingerprint density at radius 3 is 2.73 bits per heavy atom. The first-order valence-electron chi connectivity index (χ1n) is 7.31. The predicted molar refractivity (Wildman–Crippen MR) is 85.8 cm³/mol. The van der Waals surface area contributed by atoms with E-state index in [1.54, 1.807) is 12.2 Å². The Bertz CT molecular complexity index is 728. The highest BCUT2D eigenvalue weighted by molar-refractivity contribution is 6.00. The van der Waals surface area contributed by atoms with E-state index in [1.807, 2.05) is 26.8 Å². The Balaban J connectivity index is 0.000000847. The second-order valence-electron chi connectivity index (χ2n) is 4.74. The van der Waals surface area contributed by atoms with Crippen LogP contribution in [0.2, 0.25) is 0 Å². The van der Waals surface area contributed by atoms with Gasteiger partial charge in [-0.1, -0.05) is 38.7 Å². The van der Waals surface area contributed by atoms with Crippen LogP contribution in [-0.2, 0) is 10.2 Å². The maximum absolute atomic E-state index is 12.5. The van der Waals surface area contributed by atoms with Crippen LogP contribution in [0.15, 0.2) is 53.1 Å². The van der Waals surface area contributed by atoms with Crippen molar-refractivity contribution in [2.45, 2.75) is 26.2 Å². The number of allylic oxidation sites excluding steroid dienone is 4. The van der Waals surface area contributed by atoms with Gasteiger partial charge >= 0.3 is 0 Å². The Labute approximate surface area is 129 Å². The summed E-state index contributed by atoms with van der Waals surface area (Å²) in [5.41, 5.74) is 0.896. The molecule has 1 atom stereocenters. The molecule has 3 heterocycles. The molecule has 2 aliphatic heterocycles. The first-order valence-corrected chi connectivity index (χ1v) is 7.31. The standard InChI is InChI=1S/C15H14N2O3.C2H6/c1-3-5-9-11(4-2)17-14(19)15(9)8-20-12-7-16-13(18)6-10(12)15;1-2/h3-7H,1,8H2,2H3,(H,16,18)(H,17,19);1-2H3/b9-5+,11-4+;. The molecule has 116 valence electrons. The lowest BCUT2D eigenvalue weighted by atomic mass is 9.76. The van der Waals surface area contributed by atoms with Gasteiger partial charge in [0.25, 0.3) is 0 Å². The van der Waals surface area contributed by atoms with Crippen molar-refractivity contribution in [1.82, 2.24) is 10.3 Å². The number of hydrogen-bond donors (Lipinski definition) is 2. The molecule has 1 amide bonds. The van der Waals surface area contributed by atoms with Gasteiger partial charge in [-0.3, -0.25) is 9.59 Å². The number of fused-ring (bicyclic) bond motifs is 2. The minimum atomic E-state index is -0.959. The van der Waals surface area contributed by atoms with Gasteiger partial charge in [0, 0.05) is 23.5 Å². The molecule has 2 N–H and O–H groups in total. The molecule has 5 nitrogen and oxygen atoms in total. The molecule has 0 bridgehead atoms. The number of hydrogen-bond acceptors (Lipinski definition) is 3. The van der Waals surface area contributed by atoms with Crippen LogP contribution in [0.25, 0.3) is 0 Å². The Kier molecular flexibility index (Phi) is 4.35. The maximum Gasteiger partial charge on any atom is 0.248 e. The Morgan fingerprint density at radius 2 is 2.09 bits per heavy atom. The number of amides is 1. The van der Waals surface area contributed by atoms with Crippen molar-refractivity contribution in [3.05, 3.63) is 64.3 Å². The van der Waals surface area contributed by atoms with Crippen molar-refractivity contribution in [2.75, 3.05) is 6.61 Å². The highest BCUT2D eigenvalue weighted by atomic mass is 16.5. The Morgan fingerprint density at radius 1 is 1.36 bits per heavy atom. The SMILES string of the molecule is C=C/C=C1\C(=C/C)NC(=O)C12COc1c[nH]c(=O)cc12.CC. The fraction of sp³-hybridized carbons (Fsp3) is 0.294. The van der Waals surface area contributed by atoms with Crippen LogP contribution < -0.4 is 15.6 Å². The van der Waals surface area contributed by atoms with Gasteiger partial charge in [0.2, 0.25) is 11.5 Å². The number of rotatable bonds is 1. The predicted octanol–water partition coefficient (Wildman–Crippen LogP) is 2.18. The molecular formula is C17H20N2O3. The van der Waals surface area contributed by atoms with Gasteiger partial charge in [0.05, 0.1) is 0 Å². The van der Waals surface area contributed by atoms with Crippen molar-refractivity contribution < 1.29 is 9.53 Å². The number of H-pyrrole nitrogens is 1. The molecule has 1 unspecified atom stereocenters. The van der Waals surface area contributed by atoms with Gasteiger partial charge in [-0.25, -0.2) is 0 Å². The Hall–Kier alpha value is -2.56. The molecule has 5 heteroatoms. The molecule has 1 aromatic heterocycles. The molecule has 0 saturated carbocycles. The molecule has 0 aliphatic carbocycles. The molecule has 3 rings (SSSR count). The van der Waals surface area contributed by atoms with E-state index in [4.69, 9.17) is 4.74 Å². The smallest absolute Gasteiger partial charge is 0.248 e. The van der Waals surface area contributed by atoms with Gasteiger partial charge in [0.15, 0.2) is 0 Å². The van der Waals surface area contributed by atoms with Gasteiger partial charge in [-0.2, -0.15) is 0 Å². The van der Waals surface area contributed by atoms with Gasteiger partial charge in [-0.15, -0.1) is 0 Å². The summed E-state index contributed by atoms with van der Waals surface area (Å²) in [5.74, 6) is 0.357. The van der Waals surface area contributed by atoms with E-state index >= 15 is 0 Å². The van der Waals surface area contributed by atoms with Crippen molar-refractivity contribution in [2.24, 2.45) is 0 Å². The molecule has 2 aliphatic rings. The molecule has 1 saturated heterocycles. The molecule has 0 radical (unpaired) electrons. The van der Waals surface area contributed by atoms with Crippen molar-refractivity contribution in [3.63, 3.8) is 0 Å². The monoisotopic (exact) mass is 300 g/mol. The lowest BCUT2D eigenvalue weighted by molar-refractivity contribution is -0.123. The highest BCUT2D eigenvalue weighted by Gasteiger charge is 2.55. The van der Waals surface area contributed by atoms with Gasteiger partial charge in [0.1, 0.15) is 17.8 Å². The summed E-state index contributed by atoms with van der Waals surface area (Å²) in [5, 5.41) is 2.85. The second-order valence-corrected chi connectivity index (χ2v) is 4.74. The zero-order valence-corrected chi connectivity index (χ0v) is 13.0. The van der Waals surface area contributed by atoms with E-state index in [-0.39, 0.29) is 18.1 Å². The van der Waals surface area contributed by atoms with Gasteiger partial charge < -0.3 is 15.0 Å². The third-order valence-corrected chi connectivity index (χ3v) is 3.75. The quantitative estimate of drug-likeness (QED) is 0.835. The number of ether oxygens (including phenoxy) is 1. The lowest BCUT2D eigenvalue weighted by Crippen LogP contribution is -2.38. The minimum Gasteiger partial charge on any atom is -0.490 e. The zero-order chi connectivity index (χ0) is 16.3. The van der Waals surface area contributed by atoms with E-state index < -0.39 is 5.41 Å². The second kappa shape index (κ2) is 6.05. The van der Waals surface area contributed by atoms with Gasteiger partial charge in [-0.05, 0) is 12.5 Å². The molecule has 1 spiro atoms.